The number of rotatable bonds is 4. The van der Waals surface area contributed by atoms with Crippen LogP contribution in [0, 0.1) is 5.82 Å². The molecular formula is C17H12FNO4. The largest absolute Gasteiger partial charge is 0.484 e. The molecule has 6 heteroatoms. The van der Waals surface area contributed by atoms with Gasteiger partial charge in [0.2, 0.25) is 0 Å². The first-order valence-corrected chi connectivity index (χ1v) is 6.82. The maximum Gasteiger partial charge on any atom is 0.336 e. The lowest BCUT2D eigenvalue weighted by Gasteiger charge is -2.08. The van der Waals surface area contributed by atoms with Crippen molar-refractivity contribution in [2.75, 3.05) is 11.9 Å². The normalized spacial score (nSPS) is 10.5. The zero-order chi connectivity index (χ0) is 16.2. The molecule has 116 valence electrons. The second-order valence-corrected chi connectivity index (χ2v) is 4.80. The first-order chi connectivity index (χ1) is 11.1. The Labute approximate surface area is 130 Å². The van der Waals surface area contributed by atoms with Crippen LogP contribution in [0.25, 0.3) is 11.0 Å². The van der Waals surface area contributed by atoms with E-state index < -0.39 is 11.4 Å². The van der Waals surface area contributed by atoms with E-state index in [1.165, 1.54) is 24.3 Å². The molecule has 0 unspecified atom stereocenters. The summed E-state index contributed by atoms with van der Waals surface area (Å²) in [5.74, 6) is -0.537. The zero-order valence-corrected chi connectivity index (χ0v) is 11.9. The first kappa shape index (κ1) is 14.8. The fourth-order valence-electron chi connectivity index (χ4n) is 2.05. The molecule has 0 bridgehead atoms. The van der Waals surface area contributed by atoms with E-state index in [-0.39, 0.29) is 18.3 Å². The minimum absolute atomic E-state index is 0.245. The SMILES string of the molecule is O=C(COc1cccc(F)c1)Nc1ccc2oc(=O)ccc2c1. The van der Waals surface area contributed by atoms with Gasteiger partial charge in [0.25, 0.3) is 5.91 Å². The molecule has 23 heavy (non-hydrogen) atoms. The molecule has 0 radical (unpaired) electrons. The average molecular weight is 313 g/mol. The van der Waals surface area contributed by atoms with Crippen LogP contribution >= 0.6 is 0 Å². The van der Waals surface area contributed by atoms with E-state index >= 15 is 0 Å². The molecule has 0 spiro atoms. The van der Waals surface area contributed by atoms with Crippen LogP contribution in [-0.2, 0) is 4.79 Å². The van der Waals surface area contributed by atoms with Crippen molar-refractivity contribution in [1.29, 1.82) is 0 Å². The third kappa shape index (κ3) is 3.74. The summed E-state index contributed by atoms with van der Waals surface area (Å²) in [6.45, 7) is -0.245. The highest BCUT2D eigenvalue weighted by atomic mass is 19.1. The highest BCUT2D eigenvalue weighted by Gasteiger charge is 2.06. The van der Waals surface area contributed by atoms with Crippen molar-refractivity contribution in [3.05, 3.63) is 70.8 Å². The van der Waals surface area contributed by atoms with Gasteiger partial charge in [0.1, 0.15) is 17.1 Å². The number of ether oxygens (including phenoxy) is 1. The van der Waals surface area contributed by atoms with Gasteiger partial charge in [-0.25, -0.2) is 9.18 Å². The van der Waals surface area contributed by atoms with E-state index in [4.69, 9.17) is 9.15 Å². The highest BCUT2D eigenvalue weighted by Crippen LogP contribution is 2.18. The van der Waals surface area contributed by atoms with E-state index in [1.54, 1.807) is 30.3 Å². The Morgan fingerprint density at radius 3 is 2.83 bits per heavy atom. The van der Waals surface area contributed by atoms with Crippen LogP contribution in [-0.4, -0.2) is 12.5 Å². The van der Waals surface area contributed by atoms with Gasteiger partial charge in [-0.15, -0.1) is 0 Å². The van der Waals surface area contributed by atoms with Gasteiger partial charge in [-0.1, -0.05) is 6.07 Å². The number of fused-ring (bicyclic) bond motifs is 1. The van der Waals surface area contributed by atoms with Crippen molar-refractivity contribution in [2.45, 2.75) is 0 Å². The molecule has 1 N–H and O–H groups in total. The van der Waals surface area contributed by atoms with E-state index in [0.717, 1.165) is 0 Å². The predicted octanol–water partition coefficient (Wildman–Crippen LogP) is 2.95. The van der Waals surface area contributed by atoms with Crippen LogP contribution in [0.2, 0.25) is 0 Å². The topological polar surface area (TPSA) is 68.5 Å². The average Bonchev–Trinajstić information content (AvgIpc) is 2.53. The van der Waals surface area contributed by atoms with Gasteiger partial charge in [0.05, 0.1) is 0 Å². The number of carbonyl (C=O) groups excluding carboxylic acids is 1. The molecule has 0 aliphatic rings. The molecule has 0 saturated heterocycles. The summed E-state index contributed by atoms with van der Waals surface area (Å²) in [6.07, 6.45) is 0. The van der Waals surface area contributed by atoms with Gasteiger partial charge in [-0.2, -0.15) is 0 Å². The number of hydrogen-bond donors (Lipinski definition) is 1. The summed E-state index contributed by atoms with van der Waals surface area (Å²) >= 11 is 0. The van der Waals surface area contributed by atoms with Crippen molar-refractivity contribution in [1.82, 2.24) is 0 Å². The fourth-order valence-corrected chi connectivity index (χ4v) is 2.05. The maximum atomic E-state index is 13.0. The molecule has 1 aromatic heterocycles. The summed E-state index contributed by atoms with van der Waals surface area (Å²) in [4.78, 5) is 23.0. The molecule has 0 fully saturated rings. The van der Waals surface area contributed by atoms with E-state index in [0.29, 0.717) is 16.7 Å². The van der Waals surface area contributed by atoms with Crippen molar-refractivity contribution in [3.63, 3.8) is 0 Å². The molecule has 0 aliphatic carbocycles. The molecule has 3 aromatic rings. The van der Waals surface area contributed by atoms with Crippen LogP contribution in [0.1, 0.15) is 0 Å². The second kappa shape index (κ2) is 6.31. The van der Waals surface area contributed by atoms with Crippen LogP contribution in [0.15, 0.2) is 63.8 Å². The predicted molar refractivity (Wildman–Crippen MR) is 83.0 cm³/mol. The Morgan fingerprint density at radius 1 is 1.13 bits per heavy atom. The van der Waals surface area contributed by atoms with Crippen molar-refractivity contribution >= 4 is 22.6 Å². The van der Waals surface area contributed by atoms with Gasteiger partial charge in [-0.05, 0) is 36.4 Å². The van der Waals surface area contributed by atoms with Gasteiger partial charge in [-0.3, -0.25) is 4.79 Å². The Hall–Kier alpha value is -3.15. The standard InChI is InChI=1S/C17H12FNO4/c18-12-2-1-3-14(9-12)22-10-16(20)19-13-5-6-15-11(8-13)4-7-17(21)23-15/h1-9H,10H2,(H,19,20). The summed E-state index contributed by atoms with van der Waals surface area (Å²) < 4.78 is 23.2. The minimum Gasteiger partial charge on any atom is -0.484 e. The molecule has 1 heterocycles. The second-order valence-electron chi connectivity index (χ2n) is 4.80. The molecular weight excluding hydrogens is 301 g/mol. The first-order valence-electron chi connectivity index (χ1n) is 6.82. The quantitative estimate of drug-likeness (QED) is 0.752. The molecule has 5 nitrogen and oxygen atoms in total. The fraction of sp³-hybridized carbons (Fsp3) is 0.0588. The summed E-state index contributed by atoms with van der Waals surface area (Å²) in [5, 5.41) is 3.34. The van der Waals surface area contributed by atoms with E-state index in [1.807, 2.05) is 0 Å². The number of benzene rings is 2. The van der Waals surface area contributed by atoms with Crippen LogP contribution in [0.3, 0.4) is 0 Å². The number of amides is 1. The molecule has 0 saturated carbocycles. The van der Waals surface area contributed by atoms with Gasteiger partial charge >= 0.3 is 5.63 Å². The van der Waals surface area contributed by atoms with Crippen LogP contribution < -0.4 is 15.7 Å². The Balaban J connectivity index is 1.65. The molecule has 3 rings (SSSR count). The third-order valence-electron chi connectivity index (χ3n) is 3.07. The van der Waals surface area contributed by atoms with E-state index in [9.17, 15) is 14.0 Å². The number of anilines is 1. The summed E-state index contributed by atoms with van der Waals surface area (Å²) in [5.41, 5.74) is 0.545. The van der Waals surface area contributed by atoms with Gasteiger partial charge in [0.15, 0.2) is 6.61 Å². The van der Waals surface area contributed by atoms with Crippen LogP contribution in [0.5, 0.6) is 5.75 Å². The lowest BCUT2D eigenvalue weighted by atomic mass is 10.2. The van der Waals surface area contributed by atoms with E-state index in [2.05, 4.69) is 5.32 Å². The lowest BCUT2D eigenvalue weighted by Crippen LogP contribution is -2.20. The Kier molecular flexibility index (Phi) is 4.05. The van der Waals surface area contributed by atoms with Gasteiger partial charge in [0, 0.05) is 23.2 Å². The summed E-state index contributed by atoms with van der Waals surface area (Å²) in [6, 6.07) is 13.4. The lowest BCUT2D eigenvalue weighted by molar-refractivity contribution is -0.118. The highest BCUT2D eigenvalue weighted by molar-refractivity contribution is 5.94. The summed E-state index contributed by atoms with van der Waals surface area (Å²) in [7, 11) is 0. The van der Waals surface area contributed by atoms with Crippen molar-refractivity contribution in [3.8, 4) is 5.75 Å². The minimum atomic E-state index is -0.433. The Morgan fingerprint density at radius 2 is 2.00 bits per heavy atom. The van der Waals surface area contributed by atoms with Crippen molar-refractivity contribution in [2.24, 2.45) is 0 Å². The smallest absolute Gasteiger partial charge is 0.336 e. The molecule has 1 amide bonds. The number of hydrogen-bond acceptors (Lipinski definition) is 4. The van der Waals surface area contributed by atoms with Gasteiger partial charge < -0.3 is 14.5 Å². The van der Waals surface area contributed by atoms with Crippen molar-refractivity contribution < 1.29 is 18.3 Å². The zero-order valence-electron chi connectivity index (χ0n) is 11.9. The number of halogens is 1. The number of nitrogens with one attached hydrogen (secondary N) is 1. The molecule has 0 atom stereocenters. The molecule has 0 aliphatic heterocycles. The molecule has 2 aromatic carbocycles. The monoisotopic (exact) mass is 313 g/mol. The Bertz CT molecular complexity index is 920. The number of carbonyl (C=O) groups is 1. The maximum absolute atomic E-state index is 13.0. The van der Waals surface area contributed by atoms with Crippen LogP contribution in [0.4, 0.5) is 10.1 Å². The third-order valence-corrected chi connectivity index (χ3v) is 3.07.